The molecule has 3 nitrogen and oxygen atoms in total. The van der Waals surface area contributed by atoms with Crippen molar-refractivity contribution in [1.82, 2.24) is 9.97 Å². The fraction of sp³-hybridized carbons (Fsp3) is 0.0833. The minimum absolute atomic E-state index is 0.352. The molecule has 2 N–H and O–H groups in total. The van der Waals surface area contributed by atoms with Crippen LogP contribution in [0.15, 0.2) is 17.5 Å². The Morgan fingerprint density at radius 2 is 2.05 bits per heavy atom. The van der Waals surface area contributed by atoms with E-state index in [9.17, 15) is 8.78 Å². The molecular formula is C12H8ClF2N3S. The second-order valence-electron chi connectivity index (χ2n) is 4.06. The summed E-state index contributed by atoms with van der Waals surface area (Å²) in [6.07, 6.45) is 0. The lowest BCUT2D eigenvalue weighted by Crippen LogP contribution is -1.92. The summed E-state index contributed by atoms with van der Waals surface area (Å²) in [7, 11) is 0. The molecule has 0 saturated heterocycles. The molecule has 0 spiro atoms. The molecular weight excluding hydrogens is 292 g/mol. The van der Waals surface area contributed by atoms with Crippen LogP contribution >= 0.6 is 22.9 Å². The van der Waals surface area contributed by atoms with Crippen LogP contribution in [0, 0.1) is 18.6 Å². The normalized spacial score (nSPS) is 11.2. The third kappa shape index (κ3) is 2.17. The highest BCUT2D eigenvalue weighted by Crippen LogP contribution is 2.34. The molecule has 0 unspecified atom stereocenters. The van der Waals surface area contributed by atoms with Gasteiger partial charge in [-0.25, -0.2) is 13.8 Å². The summed E-state index contributed by atoms with van der Waals surface area (Å²) in [4.78, 5) is 7.02. The van der Waals surface area contributed by atoms with Gasteiger partial charge in [-0.05, 0) is 17.9 Å². The number of hydrogen-bond donors (Lipinski definition) is 2. The number of aryl methyl sites for hydroxylation is 1. The predicted octanol–water partition coefficient (Wildman–Crippen LogP) is 4.61. The Labute approximate surface area is 116 Å². The van der Waals surface area contributed by atoms with Gasteiger partial charge in [0.15, 0.2) is 11.6 Å². The standard InChI is InChI=1S/C12H8ClF2N3S/c1-5-4-19-11(13)10(5)18-12-16-8-2-6(14)7(15)3-9(8)17-12/h2-4H,1H3,(H2,16,17,18). The molecule has 0 amide bonds. The van der Waals surface area contributed by atoms with Crippen LogP contribution in [-0.2, 0) is 0 Å². The molecule has 0 aliphatic heterocycles. The number of benzene rings is 1. The molecule has 0 atom stereocenters. The Bertz CT molecular complexity index is 707. The number of nitrogens with zero attached hydrogens (tertiary/aromatic N) is 1. The van der Waals surface area contributed by atoms with Crippen molar-refractivity contribution >= 4 is 45.6 Å². The Morgan fingerprint density at radius 1 is 1.32 bits per heavy atom. The number of H-pyrrole nitrogens is 1. The lowest BCUT2D eigenvalue weighted by atomic mass is 10.3. The summed E-state index contributed by atoms with van der Waals surface area (Å²) in [6, 6.07) is 2.12. The first-order valence-corrected chi connectivity index (χ1v) is 6.65. The predicted molar refractivity (Wildman–Crippen MR) is 73.4 cm³/mol. The Balaban J connectivity index is 2.02. The van der Waals surface area contributed by atoms with E-state index in [0.29, 0.717) is 21.3 Å². The SMILES string of the molecule is Cc1csc(Cl)c1Nc1nc2cc(F)c(F)cc2[nH]1. The second kappa shape index (κ2) is 4.47. The zero-order valence-corrected chi connectivity index (χ0v) is 11.3. The minimum Gasteiger partial charge on any atom is -0.324 e. The summed E-state index contributed by atoms with van der Waals surface area (Å²) in [6.45, 7) is 1.91. The summed E-state index contributed by atoms with van der Waals surface area (Å²) in [5.41, 5.74) is 2.50. The largest absolute Gasteiger partial charge is 0.324 e. The molecule has 0 bridgehead atoms. The summed E-state index contributed by atoms with van der Waals surface area (Å²) in [5, 5.41) is 4.93. The maximum absolute atomic E-state index is 13.1. The van der Waals surface area contributed by atoms with E-state index in [2.05, 4.69) is 15.3 Å². The molecule has 1 aromatic carbocycles. The van der Waals surface area contributed by atoms with Crippen molar-refractivity contribution in [2.75, 3.05) is 5.32 Å². The maximum atomic E-state index is 13.1. The lowest BCUT2D eigenvalue weighted by Gasteiger charge is -2.01. The number of imidazole rings is 1. The molecule has 0 saturated carbocycles. The van der Waals surface area contributed by atoms with Gasteiger partial charge in [0.05, 0.1) is 16.7 Å². The van der Waals surface area contributed by atoms with Gasteiger partial charge in [0, 0.05) is 12.1 Å². The van der Waals surface area contributed by atoms with E-state index in [4.69, 9.17) is 11.6 Å². The fourth-order valence-electron chi connectivity index (χ4n) is 1.74. The number of fused-ring (bicyclic) bond motifs is 1. The molecule has 19 heavy (non-hydrogen) atoms. The van der Waals surface area contributed by atoms with Gasteiger partial charge < -0.3 is 10.3 Å². The highest BCUT2D eigenvalue weighted by molar-refractivity contribution is 7.15. The van der Waals surface area contributed by atoms with Crippen molar-refractivity contribution in [3.63, 3.8) is 0 Å². The van der Waals surface area contributed by atoms with Gasteiger partial charge in [0.1, 0.15) is 4.34 Å². The highest BCUT2D eigenvalue weighted by atomic mass is 35.5. The number of halogens is 3. The molecule has 3 aromatic rings. The van der Waals surface area contributed by atoms with Crippen LogP contribution in [-0.4, -0.2) is 9.97 Å². The summed E-state index contributed by atoms with van der Waals surface area (Å²) < 4.78 is 26.8. The summed E-state index contributed by atoms with van der Waals surface area (Å²) in [5.74, 6) is -1.44. The number of aromatic amines is 1. The number of nitrogens with one attached hydrogen (secondary N) is 2. The van der Waals surface area contributed by atoms with E-state index in [0.717, 1.165) is 23.4 Å². The number of anilines is 2. The average molecular weight is 300 g/mol. The lowest BCUT2D eigenvalue weighted by molar-refractivity contribution is 0.510. The summed E-state index contributed by atoms with van der Waals surface area (Å²) >= 11 is 7.44. The van der Waals surface area contributed by atoms with Crippen molar-refractivity contribution in [1.29, 1.82) is 0 Å². The number of thiophene rings is 1. The molecule has 0 aliphatic carbocycles. The molecule has 98 valence electrons. The first kappa shape index (κ1) is 12.4. The molecule has 0 aliphatic rings. The van der Waals surface area contributed by atoms with Gasteiger partial charge in [0.25, 0.3) is 0 Å². The zero-order chi connectivity index (χ0) is 13.6. The van der Waals surface area contributed by atoms with Crippen LogP contribution in [0.1, 0.15) is 5.56 Å². The van der Waals surface area contributed by atoms with Crippen molar-refractivity contribution in [3.05, 3.63) is 39.0 Å². The van der Waals surface area contributed by atoms with Gasteiger partial charge in [0.2, 0.25) is 5.95 Å². The highest BCUT2D eigenvalue weighted by Gasteiger charge is 2.11. The van der Waals surface area contributed by atoms with Crippen molar-refractivity contribution in [2.24, 2.45) is 0 Å². The Kier molecular flexibility index (Phi) is 2.91. The van der Waals surface area contributed by atoms with Gasteiger partial charge in [-0.1, -0.05) is 11.6 Å². The molecule has 0 radical (unpaired) electrons. The zero-order valence-electron chi connectivity index (χ0n) is 9.72. The van der Waals surface area contributed by atoms with Crippen LogP contribution < -0.4 is 5.32 Å². The van der Waals surface area contributed by atoms with Crippen LogP contribution in [0.25, 0.3) is 11.0 Å². The van der Waals surface area contributed by atoms with Gasteiger partial charge in [-0.2, -0.15) is 0 Å². The number of rotatable bonds is 2. The smallest absolute Gasteiger partial charge is 0.205 e. The van der Waals surface area contributed by atoms with E-state index in [-0.39, 0.29) is 0 Å². The number of hydrogen-bond acceptors (Lipinski definition) is 3. The Hall–Kier alpha value is -1.66. The van der Waals surface area contributed by atoms with E-state index < -0.39 is 11.6 Å². The topological polar surface area (TPSA) is 40.7 Å². The minimum atomic E-state index is -0.921. The van der Waals surface area contributed by atoms with Crippen LogP contribution in [0.2, 0.25) is 4.34 Å². The molecule has 2 aromatic heterocycles. The third-order valence-electron chi connectivity index (χ3n) is 2.70. The molecule has 2 heterocycles. The number of aromatic nitrogens is 2. The molecule has 3 rings (SSSR count). The van der Waals surface area contributed by atoms with E-state index >= 15 is 0 Å². The quantitative estimate of drug-likeness (QED) is 0.725. The van der Waals surface area contributed by atoms with Gasteiger partial charge in [-0.15, -0.1) is 11.3 Å². The van der Waals surface area contributed by atoms with Crippen molar-refractivity contribution in [2.45, 2.75) is 6.92 Å². The van der Waals surface area contributed by atoms with E-state index in [1.807, 2.05) is 12.3 Å². The van der Waals surface area contributed by atoms with Crippen LogP contribution in [0.3, 0.4) is 0 Å². The molecule has 0 fully saturated rings. The van der Waals surface area contributed by atoms with Crippen LogP contribution in [0.4, 0.5) is 20.4 Å². The third-order valence-corrected chi connectivity index (χ3v) is 4.04. The van der Waals surface area contributed by atoms with Gasteiger partial charge in [-0.3, -0.25) is 0 Å². The van der Waals surface area contributed by atoms with Crippen molar-refractivity contribution in [3.8, 4) is 0 Å². The fourth-order valence-corrected chi connectivity index (χ4v) is 2.80. The van der Waals surface area contributed by atoms with Gasteiger partial charge >= 0.3 is 0 Å². The first-order chi connectivity index (χ1) is 9.04. The Morgan fingerprint density at radius 3 is 2.74 bits per heavy atom. The first-order valence-electron chi connectivity index (χ1n) is 5.40. The molecule has 7 heteroatoms. The van der Waals surface area contributed by atoms with E-state index in [1.165, 1.54) is 11.3 Å². The monoisotopic (exact) mass is 299 g/mol. The van der Waals surface area contributed by atoms with Crippen molar-refractivity contribution < 1.29 is 8.78 Å². The maximum Gasteiger partial charge on any atom is 0.205 e. The average Bonchev–Trinajstić information content (AvgIpc) is 2.88. The van der Waals surface area contributed by atoms with Crippen LogP contribution in [0.5, 0.6) is 0 Å². The van der Waals surface area contributed by atoms with E-state index in [1.54, 1.807) is 0 Å². The second-order valence-corrected chi connectivity index (χ2v) is 5.54.